The van der Waals surface area contributed by atoms with Crippen LogP contribution in [0.25, 0.3) is 0 Å². The average molecular weight is 274 g/mol. The molecule has 0 spiro atoms. The first kappa shape index (κ1) is 14.7. The SMILES string of the molecule is CCOc1cc(CNC)ccc1OCC1(CC#N)CC1. The minimum atomic E-state index is 0.0852. The molecule has 1 saturated carbocycles. The standard InChI is InChI=1S/C16H22N2O2/c1-3-19-15-10-13(11-18-2)4-5-14(15)20-12-16(6-7-16)8-9-17/h4-5,10,18H,3,6-8,11-12H2,1-2H3. The molecule has 2 rings (SSSR count). The fourth-order valence-electron chi connectivity index (χ4n) is 2.20. The Kier molecular flexibility index (Phi) is 4.86. The summed E-state index contributed by atoms with van der Waals surface area (Å²) in [5.74, 6) is 1.56. The van der Waals surface area contributed by atoms with Crippen molar-refractivity contribution in [1.29, 1.82) is 5.26 Å². The number of ether oxygens (including phenoxy) is 2. The Bertz CT molecular complexity index is 490. The fourth-order valence-corrected chi connectivity index (χ4v) is 2.20. The number of hydrogen-bond donors (Lipinski definition) is 1. The minimum absolute atomic E-state index is 0.0852. The summed E-state index contributed by atoms with van der Waals surface area (Å²) in [6.45, 7) is 3.99. The van der Waals surface area contributed by atoms with E-state index >= 15 is 0 Å². The van der Waals surface area contributed by atoms with Crippen LogP contribution in [0.3, 0.4) is 0 Å². The lowest BCUT2D eigenvalue weighted by Crippen LogP contribution is -2.13. The van der Waals surface area contributed by atoms with Crippen LogP contribution in [-0.4, -0.2) is 20.3 Å². The summed E-state index contributed by atoms with van der Waals surface area (Å²) < 4.78 is 11.6. The lowest BCUT2D eigenvalue weighted by Gasteiger charge is -2.16. The highest BCUT2D eigenvalue weighted by Gasteiger charge is 2.43. The predicted octanol–water partition coefficient (Wildman–Crippen LogP) is 2.88. The number of nitrogens with zero attached hydrogens (tertiary/aromatic N) is 1. The third-order valence-corrected chi connectivity index (χ3v) is 3.63. The van der Waals surface area contributed by atoms with E-state index in [9.17, 15) is 0 Å². The van der Waals surface area contributed by atoms with E-state index in [4.69, 9.17) is 14.7 Å². The van der Waals surface area contributed by atoms with Crippen LogP contribution in [0.15, 0.2) is 18.2 Å². The molecule has 0 radical (unpaired) electrons. The summed E-state index contributed by atoms with van der Waals surface area (Å²) in [6, 6.07) is 8.26. The largest absolute Gasteiger partial charge is 0.490 e. The van der Waals surface area contributed by atoms with E-state index in [2.05, 4.69) is 11.4 Å². The van der Waals surface area contributed by atoms with Crippen LogP contribution in [0, 0.1) is 16.7 Å². The van der Waals surface area contributed by atoms with Crippen LogP contribution >= 0.6 is 0 Å². The van der Waals surface area contributed by atoms with Crippen LogP contribution in [0.4, 0.5) is 0 Å². The Balaban J connectivity index is 2.04. The van der Waals surface area contributed by atoms with E-state index in [-0.39, 0.29) is 5.41 Å². The van der Waals surface area contributed by atoms with Crippen molar-refractivity contribution in [3.05, 3.63) is 23.8 Å². The molecule has 0 atom stereocenters. The van der Waals surface area contributed by atoms with Gasteiger partial charge in [-0.25, -0.2) is 0 Å². The number of benzene rings is 1. The second kappa shape index (κ2) is 6.62. The summed E-state index contributed by atoms with van der Waals surface area (Å²) in [5.41, 5.74) is 1.25. The molecule has 1 aliphatic rings. The van der Waals surface area contributed by atoms with Gasteiger partial charge in [-0.2, -0.15) is 5.26 Å². The van der Waals surface area contributed by atoms with E-state index in [0.29, 0.717) is 19.6 Å². The molecule has 1 N–H and O–H groups in total. The van der Waals surface area contributed by atoms with Crippen molar-refractivity contribution in [3.63, 3.8) is 0 Å². The molecule has 108 valence electrons. The van der Waals surface area contributed by atoms with Crippen molar-refractivity contribution in [2.75, 3.05) is 20.3 Å². The normalized spacial score (nSPS) is 15.4. The van der Waals surface area contributed by atoms with E-state index in [1.807, 2.05) is 32.2 Å². The third-order valence-electron chi connectivity index (χ3n) is 3.63. The molecule has 0 bridgehead atoms. The molecule has 0 heterocycles. The van der Waals surface area contributed by atoms with E-state index in [0.717, 1.165) is 30.9 Å². The Morgan fingerprint density at radius 3 is 2.70 bits per heavy atom. The van der Waals surface area contributed by atoms with E-state index in [1.165, 1.54) is 5.56 Å². The van der Waals surface area contributed by atoms with Gasteiger partial charge in [-0.15, -0.1) is 0 Å². The predicted molar refractivity (Wildman–Crippen MR) is 77.8 cm³/mol. The van der Waals surface area contributed by atoms with Crippen molar-refractivity contribution in [2.24, 2.45) is 5.41 Å². The molecule has 20 heavy (non-hydrogen) atoms. The van der Waals surface area contributed by atoms with Crippen LogP contribution in [-0.2, 0) is 6.54 Å². The van der Waals surface area contributed by atoms with Crippen LogP contribution < -0.4 is 14.8 Å². The molecule has 1 aromatic rings. The van der Waals surface area contributed by atoms with Gasteiger partial charge in [-0.3, -0.25) is 0 Å². The molecular formula is C16H22N2O2. The number of nitrogens with one attached hydrogen (secondary N) is 1. The van der Waals surface area contributed by atoms with Gasteiger partial charge in [0.15, 0.2) is 11.5 Å². The average Bonchev–Trinajstić information content (AvgIpc) is 3.19. The lowest BCUT2D eigenvalue weighted by molar-refractivity contribution is 0.221. The van der Waals surface area contributed by atoms with E-state index in [1.54, 1.807) is 0 Å². The molecule has 1 aromatic carbocycles. The zero-order chi connectivity index (χ0) is 14.4. The Morgan fingerprint density at radius 2 is 2.10 bits per heavy atom. The maximum Gasteiger partial charge on any atom is 0.161 e. The molecule has 1 aliphatic carbocycles. The number of hydrogen-bond acceptors (Lipinski definition) is 4. The summed E-state index contributed by atoms with van der Waals surface area (Å²) in [6.07, 6.45) is 2.75. The maximum atomic E-state index is 8.84. The van der Waals surface area contributed by atoms with Crippen molar-refractivity contribution in [2.45, 2.75) is 32.7 Å². The highest BCUT2D eigenvalue weighted by Crippen LogP contribution is 2.49. The fraction of sp³-hybridized carbons (Fsp3) is 0.562. The quantitative estimate of drug-likeness (QED) is 0.792. The summed E-state index contributed by atoms with van der Waals surface area (Å²) in [4.78, 5) is 0. The molecule has 0 amide bonds. The van der Waals surface area contributed by atoms with Crippen LogP contribution in [0.5, 0.6) is 11.5 Å². The van der Waals surface area contributed by atoms with Gasteiger partial charge in [-0.05, 0) is 44.5 Å². The highest BCUT2D eigenvalue weighted by molar-refractivity contribution is 5.43. The highest BCUT2D eigenvalue weighted by atomic mass is 16.5. The molecule has 4 nitrogen and oxygen atoms in total. The zero-order valence-corrected chi connectivity index (χ0v) is 12.2. The second-order valence-electron chi connectivity index (χ2n) is 5.37. The Morgan fingerprint density at radius 1 is 1.30 bits per heavy atom. The summed E-state index contributed by atoms with van der Waals surface area (Å²) in [5, 5.41) is 12.0. The van der Waals surface area contributed by atoms with Crippen molar-refractivity contribution >= 4 is 0 Å². The molecule has 0 saturated heterocycles. The molecule has 1 fully saturated rings. The van der Waals surface area contributed by atoms with Gasteiger partial charge < -0.3 is 14.8 Å². The number of rotatable bonds is 8. The van der Waals surface area contributed by atoms with Gasteiger partial charge in [0, 0.05) is 18.4 Å². The smallest absolute Gasteiger partial charge is 0.161 e. The van der Waals surface area contributed by atoms with Crippen molar-refractivity contribution in [1.82, 2.24) is 5.32 Å². The Hall–Kier alpha value is -1.73. The molecule has 0 aliphatic heterocycles. The van der Waals surface area contributed by atoms with Gasteiger partial charge in [0.05, 0.1) is 19.3 Å². The molecule has 0 unspecified atom stereocenters. The topological polar surface area (TPSA) is 54.3 Å². The van der Waals surface area contributed by atoms with Gasteiger partial charge in [0.25, 0.3) is 0 Å². The van der Waals surface area contributed by atoms with Crippen molar-refractivity contribution in [3.8, 4) is 17.6 Å². The van der Waals surface area contributed by atoms with Gasteiger partial charge >= 0.3 is 0 Å². The van der Waals surface area contributed by atoms with Gasteiger partial charge in [0.1, 0.15) is 0 Å². The molecule has 4 heteroatoms. The van der Waals surface area contributed by atoms with Gasteiger partial charge in [0.2, 0.25) is 0 Å². The van der Waals surface area contributed by atoms with Crippen LogP contribution in [0.2, 0.25) is 0 Å². The number of nitriles is 1. The second-order valence-corrected chi connectivity index (χ2v) is 5.37. The van der Waals surface area contributed by atoms with E-state index < -0.39 is 0 Å². The summed E-state index contributed by atoms with van der Waals surface area (Å²) in [7, 11) is 1.92. The van der Waals surface area contributed by atoms with Crippen molar-refractivity contribution < 1.29 is 9.47 Å². The first-order valence-electron chi connectivity index (χ1n) is 7.13. The minimum Gasteiger partial charge on any atom is -0.490 e. The lowest BCUT2D eigenvalue weighted by atomic mass is 10.1. The summed E-state index contributed by atoms with van der Waals surface area (Å²) >= 11 is 0. The van der Waals surface area contributed by atoms with Gasteiger partial charge in [-0.1, -0.05) is 6.07 Å². The first-order chi connectivity index (χ1) is 9.73. The monoisotopic (exact) mass is 274 g/mol. The van der Waals surface area contributed by atoms with Crippen LogP contribution in [0.1, 0.15) is 31.7 Å². The third kappa shape index (κ3) is 3.64. The molecular weight excluding hydrogens is 252 g/mol. The molecule has 0 aromatic heterocycles. The Labute approximate surface area is 120 Å². The maximum absolute atomic E-state index is 8.84. The first-order valence-corrected chi connectivity index (χ1v) is 7.13. The zero-order valence-electron chi connectivity index (χ0n) is 12.2.